The molecule has 1 aliphatic carbocycles. The molecule has 2 fully saturated rings. The summed E-state index contributed by atoms with van der Waals surface area (Å²) in [6, 6.07) is 2.17. The van der Waals surface area contributed by atoms with Gasteiger partial charge < -0.3 is 14.8 Å². The number of ether oxygens (including phenoxy) is 2. The molecule has 0 radical (unpaired) electrons. The zero-order valence-corrected chi connectivity index (χ0v) is 18.4. The van der Waals surface area contributed by atoms with Crippen molar-refractivity contribution in [2.24, 2.45) is 5.92 Å². The Morgan fingerprint density at radius 1 is 1.31 bits per heavy atom. The summed E-state index contributed by atoms with van der Waals surface area (Å²) in [6.07, 6.45) is 7.86. The molecular weight excluding hydrogens is 418 g/mol. The number of hydrogen-bond donors (Lipinski definition) is 1. The third kappa shape index (κ3) is 4.78. The van der Waals surface area contributed by atoms with E-state index in [2.05, 4.69) is 45.2 Å². The van der Waals surface area contributed by atoms with Crippen molar-refractivity contribution in [3.8, 4) is 11.9 Å². The lowest BCUT2D eigenvalue weighted by atomic mass is 9.74. The second-order valence-corrected chi connectivity index (χ2v) is 9.11. The van der Waals surface area contributed by atoms with Gasteiger partial charge in [0.15, 0.2) is 6.61 Å². The van der Waals surface area contributed by atoms with Gasteiger partial charge in [0, 0.05) is 19.7 Å². The minimum absolute atomic E-state index is 0.0147. The van der Waals surface area contributed by atoms with Gasteiger partial charge in [0.05, 0.1) is 34.2 Å². The van der Waals surface area contributed by atoms with Crippen LogP contribution in [0.4, 0.5) is 14.7 Å². The molecule has 4 rings (SSSR count). The van der Waals surface area contributed by atoms with Gasteiger partial charge in [-0.1, -0.05) is 0 Å². The van der Waals surface area contributed by atoms with E-state index >= 15 is 0 Å². The van der Waals surface area contributed by atoms with Gasteiger partial charge in [0.2, 0.25) is 11.8 Å². The molecule has 32 heavy (non-hydrogen) atoms. The number of halogens is 2. The third-order valence-corrected chi connectivity index (χ3v) is 6.35. The summed E-state index contributed by atoms with van der Waals surface area (Å²) in [5.41, 5.74) is 1.53. The van der Waals surface area contributed by atoms with Crippen molar-refractivity contribution in [3.05, 3.63) is 35.5 Å². The molecule has 3 atom stereocenters. The van der Waals surface area contributed by atoms with Crippen molar-refractivity contribution in [2.45, 2.75) is 70.1 Å². The van der Waals surface area contributed by atoms with Crippen LogP contribution in [0.5, 0.6) is 5.88 Å². The number of nitriles is 1. The SMILES string of the molecule is CC(F)(F)COc1ncncc1CNc1ncc(C#N)c(C[C@@H]2CC[C@]3(C)OC3(C)C2)n1. The van der Waals surface area contributed by atoms with E-state index in [4.69, 9.17) is 9.47 Å². The highest BCUT2D eigenvalue weighted by Crippen LogP contribution is 2.58. The normalized spacial score (nSPS) is 26.7. The van der Waals surface area contributed by atoms with Crippen molar-refractivity contribution in [1.82, 2.24) is 19.9 Å². The average molecular weight is 444 g/mol. The lowest BCUT2D eigenvalue weighted by Crippen LogP contribution is -2.30. The molecule has 1 unspecified atom stereocenters. The van der Waals surface area contributed by atoms with Crippen molar-refractivity contribution in [2.75, 3.05) is 11.9 Å². The smallest absolute Gasteiger partial charge is 0.278 e. The Kier molecular flexibility index (Phi) is 5.71. The number of aromatic nitrogens is 4. The number of hydrogen-bond acceptors (Lipinski definition) is 8. The topological polar surface area (TPSA) is 109 Å². The van der Waals surface area contributed by atoms with Crippen LogP contribution in [0.2, 0.25) is 0 Å². The Morgan fingerprint density at radius 2 is 2.12 bits per heavy atom. The van der Waals surface area contributed by atoms with Crippen LogP contribution in [0.15, 0.2) is 18.7 Å². The number of anilines is 1. The summed E-state index contributed by atoms with van der Waals surface area (Å²) in [4.78, 5) is 16.6. The number of nitrogens with zero attached hydrogens (tertiary/aromatic N) is 5. The molecule has 2 aliphatic rings. The Hall–Kier alpha value is -2.93. The van der Waals surface area contributed by atoms with Gasteiger partial charge in [-0.2, -0.15) is 5.26 Å². The van der Waals surface area contributed by atoms with Crippen LogP contribution in [0.3, 0.4) is 0 Å². The predicted molar refractivity (Wildman–Crippen MR) is 111 cm³/mol. The maximum Gasteiger partial charge on any atom is 0.278 e. The van der Waals surface area contributed by atoms with Gasteiger partial charge in [0.1, 0.15) is 12.4 Å². The number of alkyl halides is 2. The largest absolute Gasteiger partial charge is 0.471 e. The van der Waals surface area contributed by atoms with Gasteiger partial charge >= 0.3 is 0 Å². The molecular formula is C22H26F2N6O2. The van der Waals surface area contributed by atoms with Gasteiger partial charge in [-0.3, -0.25) is 0 Å². The molecule has 0 spiro atoms. The van der Waals surface area contributed by atoms with Gasteiger partial charge in [-0.15, -0.1) is 0 Å². The first-order valence-corrected chi connectivity index (χ1v) is 10.6. The first-order valence-electron chi connectivity index (χ1n) is 10.6. The molecule has 2 aromatic heterocycles. The van der Waals surface area contributed by atoms with E-state index < -0.39 is 12.5 Å². The first kappa shape index (κ1) is 22.3. The van der Waals surface area contributed by atoms with Crippen molar-refractivity contribution in [1.29, 1.82) is 5.26 Å². The Morgan fingerprint density at radius 3 is 2.84 bits per heavy atom. The molecule has 0 aromatic carbocycles. The summed E-state index contributed by atoms with van der Waals surface area (Å²) < 4.78 is 37.4. The Balaban J connectivity index is 1.43. The van der Waals surface area contributed by atoms with E-state index in [1.807, 2.05) is 0 Å². The summed E-state index contributed by atoms with van der Waals surface area (Å²) in [7, 11) is 0. The van der Waals surface area contributed by atoms with Gasteiger partial charge in [-0.05, 0) is 45.4 Å². The van der Waals surface area contributed by atoms with E-state index in [0.717, 1.165) is 26.2 Å². The molecule has 2 aromatic rings. The summed E-state index contributed by atoms with van der Waals surface area (Å²) in [5.74, 6) is -2.18. The Labute approximate surface area is 185 Å². The van der Waals surface area contributed by atoms with Crippen LogP contribution in [-0.2, 0) is 17.7 Å². The highest BCUT2D eigenvalue weighted by molar-refractivity contribution is 5.38. The first-order chi connectivity index (χ1) is 15.1. The van der Waals surface area contributed by atoms with E-state index in [1.165, 1.54) is 18.7 Å². The summed E-state index contributed by atoms with van der Waals surface area (Å²) in [5, 5.41) is 12.5. The molecule has 1 saturated carbocycles. The summed E-state index contributed by atoms with van der Waals surface area (Å²) >= 11 is 0. The Bertz CT molecular complexity index is 1040. The quantitative estimate of drug-likeness (QED) is 0.614. The average Bonchev–Trinajstić information content (AvgIpc) is 3.32. The molecule has 0 amide bonds. The maximum atomic E-state index is 13.1. The van der Waals surface area contributed by atoms with Gasteiger partial charge in [0.25, 0.3) is 5.92 Å². The molecule has 170 valence electrons. The second kappa shape index (κ2) is 8.20. The van der Waals surface area contributed by atoms with Gasteiger partial charge in [-0.25, -0.2) is 28.7 Å². The van der Waals surface area contributed by atoms with E-state index in [1.54, 1.807) is 0 Å². The third-order valence-electron chi connectivity index (χ3n) is 6.35. The zero-order valence-electron chi connectivity index (χ0n) is 18.4. The number of fused-ring (bicyclic) bond motifs is 1. The van der Waals surface area contributed by atoms with Crippen LogP contribution < -0.4 is 10.1 Å². The molecule has 1 saturated heterocycles. The van der Waals surface area contributed by atoms with Crippen molar-refractivity contribution < 1.29 is 18.3 Å². The number of epoxide rings is 1. The lowest BCUT2D eigenvalue weighted by molar-refractivity contribution is -0.0245. The second-order valence-electron chi connectivity index (χ2n) is 9.11. The van der Waals surface area contributed by atoms with Crippen LogP contribution in [-0.4, -0.2) is 43.7 Å². The molecule has 1 aliphatic heterocycles. The van der Waals surface area contributed by atoms with Crippen LogP contribution >= 0.6 is 0 Å². The van der Waals surface area contributed by atoms with E-state index in [-0.39, 0.29) is 23.6 Å². The van der Waals surface area contributed by atoms with Crippen molar-refractivity contribution in [3.63, 3.8) is 0 Å². The minimum atomic E-state index is -2.97. The fraction of sp³-hybridized carbons (Fsp3) is 0.591. The molecule has 8 nitrogen and oxygen atoms in total. The molecule has 10 heteroatoms. The van der Waals surface area contributed by atoms with Crippen LogP contribution in [0.1, 0.15) is 56.9 Å². The van der Waals surface area contributed by atoms with E-state index in [0.29, 0.717) is 35.1 Å². The lowest BCUT2D eigenvalue weighted by Gasteiger charge is -2.27. The fourth-order valence-electron chi connectivity index (χ4n) is 4.34. The number of rotatable bonds is 8. The molecule has 3 heterocycles. The highest BCUT2D eigenvalue weighted by atomic mass is 19.3. The van der Waals surface area contributed by atoms with Crippen LogP contribution in [0.25, 0.3) is 0 Å². The predicted octanol–water partition coefficient (Wildman–Crippen LogP) is 3.67. The number of nitrogens with one attached hydrogen (secondary N) is 1. The molecule has 1 N–H and O–H groups in total. The fourth-order valence-corrected chi connectivity index (χ4v) is 4.34. The van der Waals surface area contributed by atoms with Crippen LogP contribution in [0, 0.1) is 17.2 Å². The van der Waals surface area contributed by atoms with E-state index in [9.17, 15) is 14.0 Å². The maximum absolute atomic E-state index is 13.1. The minimum Gasteiger partial charge on any atom is -0.471 e. The highest BCUT2D eigenvalue weighted by Gasteiger charge is 2.65. The van der Waals surface area contributed by atoms with Crippen molar-refractivity contribution >= 4 is 5.95 Å². The standard InChI is InChI=1S/C22H26F2N6O2/c1-20-5-4-14(7-21(20,2)32-20)6-17-15(8-25)10-27-19(30-17)28-11-16-9-26-13-29-18(16)31-12-22(3,23)24/h9-10,13-14H,4-7,11-12H2,1-3H3,(H,27,28,30)/t14-,20-,21?/m0/s1. The summed E-state index contributed by atoms with van der Waals surface area (Å²) in [6.45, 7) is 4.49. The molecule has 0 bridgehead atoms. The zero-order chi connectivity index (χ0) is 23.0. The monoisotopic (exact) mass is 444 g/mol.